The molecule has 2 heteroatoms. The average Bonchev–Trinajstić information content (AvgIpc) is 2.51. The summed E-state index contributed by atoms with van der Waals surface area (Å²) >= 11 is 0. The largest absolute Gasteiger partial charge is 1.00 e. The fraction of sp³-hybridized carbons (Fsp3) is 0.222. The highest BCUT2D eigenvalue weighted by Crippen LogP contribution is 2.55. The Morgan fingerprint density at radius 1 is 0.850 bits per heavy atom. The van der Waals surface area contributed by atoms with Crippen molar-refractivity contribution in [3.8, 4) is 0 Å². The molecule has 0 atom stereocenters. The molecule has 0 nitrogen and oxygen atoms in total. The van der Waals surface area contributed by atoms with Gasteiger partial charge in [-0.15, -0.1) is 0 Å². The van der Waals surface area contributed by atoms with Crippen molar-refractivity contribution in [3.63, 3.8) is 0 Å². The van der Waals surface area contributed by atoms with Crippen molar-refractivity contribution in [3.05, 3.63) is 72.8 Å². The zero-order valence-electron chi connectivity index (χ0n) is 12.2. The van der Waals surface area contributed by atoms with E-state index in [9.17, 15) is 0 Å². The summed E-state index contributed by atoms with van der Waals surface area (Å²) in [5, 5.41) is 3.03. The smallest absolute Gasteiger partial charge is 0.0995 e. The predicted molar refractivity (Wildman–Crippen MR) is 89.3 cm³/mol. The summed E-state index contributed by atoms with van der Waals surface area (Å²) in [5.41, 5.74) is 0. The van der Waals surface area contributed by atoms with Gasteiger partial charge in [-0.05, 0) is 38.1 Å². The molecular weight excluding hydrogens is 327 g/mol. The molecule has 0 aliphatic carbocycles. The van der Waals surface area contributed by atoms with E-state index in [0.29, 0.717) is 0 Å². The van der Waals surface area contributed by atoms with E-state index in [1.54, 1.807) is 0 Å². The van der Waals surface area contributed by atoms with Gasteiger partial charge in [-0.25, -0.2) is 0 Å². The number of benzene rings is 2. The second-order valence-corrected chi connectivity index (χ2v) is 8.67. The Morgan fingerprint density at radius 3 is 1.65 bits per heavy atom. The summed E-state index contributed by atoms with van der Waals surface area (Å²) in [6.45, 7) is 4.44. The summed E-state index contributed by atoms with van der Waals surface area (Å²) in [6, 6.07) is 22.1. The highest BCUT2D eigenvalue weighted by molar-refractivity contribution is 7.89. The SMILES string of the molecule is CC=CC[P+](CC)(c1ccccc1)c1ccccc1.[Br-]. The third kappa shape index (κ3) is 3.59. The molecule has 2 rings (SSSR count). The predicted octanol–water partition coefficient (Wildman–Crippen LogP) is 1.25. The van der Waals surface area contributed by atoms with Gasteiger partial charge in [0, 0.05) is 0 Å². The average molecular weight is 349 g/mol. The topological polar surface area (TPSA) is 0 Å². The lowest BCUT2D eigenvalue weighted by atomic mass is 10.4. The fourth-order valence-electron chi connectivity index (χ4n) is 2.57. The van der Waals surface area contributed by atoms with Crippen molar-refractivity contribution in [1.29, 1.82) is 0 Å². The van der Waals surface area contributed by atoms with E-state index < -0.39 is 7.26 Å². The molecule has 0 bridgehead atoms. The van der Waals surface area contributed by atoms with Gasteiger partial charge in [-0.2, -0.15) is 0 Å². The molecule has 0 spiro atoms. The molecule has 0 fully saturated rings. The molecule has 2 aromatic rings. The molecule has 0 saturated heterocycles. The highest BCUT2D eigenvalue weighted by atomic mass is 79.9. The Morgan fingerprint density at radius 2 is 1.30 bits per heavy atom. The van der Waals surface area contributed by atoms with Crippen LogP contribution in [0.5, 0.6) is 0 Å². The number of hydrogen-bond acceptors (Lipinski definition) is 0. The first-order valence-corrected chi connectivity index (χ1v) is 9.09. The maximum Gasteiger partial charge on any atom is 0.0995 e. The zero-order chi connectivity index (χ0) is 13.6. The number of allylic oxidation sites excluding steroid dienone is 2. The summed E-state index contributed by atoms with van der Waals surface area (Å²) in [6.07, 6.45) is 6.88. The zero-order valence-corrected chi connectivity index (χ0v) is 14.6. The van der Waals surface area contributed by atoms with Crippen LogP contribution in [0.4, 0.5) is 0 Å². The van der Waals surface area contributed by atoms with Crippen LogP contribution >= 0.6 is 7.26 Å². The van der Waals surface area contributed by atoms with Crippen LogP contribution in [-0.2, 0) is 0 Å². The number of halogens is 1. The number of rotatable bonds is 5. The highest BCUT2D eigenvalue weighted by Gasteiger charge is 2.39. The van der Waals surface area contributed by atoms with E-state index in [1.807, 2.05) is 0 Å². The lowest BCUT2D eigenvalue weighted by molar-refractivity contribution is -0.00000387. The Hall–Kier alpha value is -0.910. The van der Waals surface area contributed by atoms with Crippen molar-refractivity contribution in [2.75, 3.05) is 12.3 Å². The first-order chi connectivity index (χ1) is 9.33. The molecule has 0 aromatic heterocycles. The van der Waals surface area contributed by atoms with Gasteiger partial charge >= 0.3 is 0 Å². The van der Waals surface area contributed by atoms with Gasteiger partial charge in [-0.1, -0.05) is 48.6 Å². The number of hydrogen-bond donors (Lipinski definition) is 0. The van der Waals surface area contributed by atoms with Gasteiger partial charge < -0.3 is 17.0 Å². The van der Waals surface area contributed by atoms with Crippen molar-refractivity contribution >= 4 is 17.9 Å². The van der Waals surface area contributed by atoms with Gasteiger partial charge in [-0.3, -0.25) is 0 Å². The summed E-state index contributed by atoms with van der Waals surface area (Å²) in [5.74, 6) is 0. The minimum absolute atomic E-state index is 0. The van der Waals surface area contributed by atoms with Crippen molar-refractivity contribution in [1.82, 2.24) is 0 Å². The lowest BCUT2D eigenvalue weighted by Gasteiger charge is -2.25. The van der Waals surface area contributed by atoms with Gasteiger partial charge in [0.05, 0.1) is 30.2 Å². The second-order valence-electron chi connectivity index (χ2n) is 4.71. The molecule has 0 heterocycles. The van der Waals surface area contributed by atoms with Gasteiger partial charge in [0.25, 0.3) is 0 Å². The molecule has 20 heavy (non-hydrogen) atoms. The van der Waals surface area contributed by atoms with Crippen LogP contribution in [-0.4, -0.2) is 12.3 Å². The third-order valence-electron chi connectivity index (χ3n) is 3.69. The van der Waals surface area contributed by atoms with Crippen LogP contribution in [0.25, 0.3) is 0 Å². The van der Waals surface area contributed by atoms with E-state index >= 15 is 0 Å². The first-order valence-electron chi connectivity index (χ1n) is 6.93. The Bertz CT molecular complexity index is 480. The van der Waals surface area contributed by atoms with Crippen molar-refractivity contribution in [2.24, 2.45) is 0 Å². The van der Waals surface area contributed by atoms with Crippen LogP contribution in [0.15, 0.2) is 72.8 Å². The maximum absolute atomic E-state index is 2.33. The quantitative estimate of drug-likeness (QED) is 0.563. The van der Waals surface area contributed by atoms with Crippen LogP contribution in [0.3, 0.4) is 0 Å². The van der Waals surface area contributed by atoms with E-state index in [2.05, 4.69) is 86.7 Å². The molecule has 0 radical (unpaired) electrons. The molecule has 0 aliphatic rings. The van der Waals surface area contributed by atoms with E-state index in [-0.39, 0.29) is 17.0 Å². The van der Waals surface area contributed by atoms with Crippen LogP contribution in [0.2, 0.25) is 0 Å². The minimum atomic E-state index is -1.29. The summed E-state index contributed by atoms with van der Waals surface area (Å²) in [4.78, 5) is 0. The molecule has 0 saturated carbocycles. The van der Waals surface area contributed by atoms with Crippen LogP contribution in [0, 0.1) is 0 Å². The molecular formula is C18H22BrP. The second kappa shape index (κ2) is 8.39. The van der Waals surface area contributed by atoms with Gasteiger partial charge in [0.15, 0.2) is 0 Å². The molecule has 0 aliphatic heterocycles. The fourth-order valence-corrected chi connectivity index (χ4v) is 6.33. The Balaban J connectivity index is 0.00000200. The first kappa shape index (κ1) is 17.1. The Kier molecular flexibility index (Phi) is 7.19. The summed E-state index contributed by atoms with van der Waals surface area (Å²) < 4.78 is 0. The van der Waals surface area contributed by atoms with E-state index in [4.69, 9.17) is 0 Å². The lowest BCUT2D eigenvalue weighted by Crippen LogP contribution is -3.00. The van der Waals surface area contributed by atoms with Gasteiger partial charge in [0.2, 0.25) is 0 Å². The van der Waals surface area contributed by atoms with Crippen LogP contribution in [0.1, 0.15) is 13.8 Å². The standard InChI is InChI=1S/C18H22P.BrH/c1-3-5-16-19(4-2,17-12-8-6-9-13-17)18-14-10-7-11-15-18;/h3,5-15H,4,16H2,1-2H3;1H/q+1;/p-1. The maximum atomic E-state index is 2.33. The van der Waals surface area contributed by atoms with E-state index in [1.165, 1.54) is 16.8 Å². The molecule has 0 N–H and O–H groups in total. The molecule has 106 valence electrons. The normalized spacial score (nSPS) is 11.3. The monoisotopic (exact) mass is 348 g/mol. The molecule has 0 unspecified atom stereocenters. The van der Waals surface area contributed by atoms with Crippen LogP contribution < -0.4 is 27.6 Å². The Labute approximate surface area is 134 Å². The summed E-state index contributed by atoms with van der Waals surface area (Å²) in [7, 11) is -1.29. The molecule has 0 amide bonds. The van der Waals surface area contributed by atoms with E-state index in [0.717, 1.165) is 6.16 Å². The molecule has 2 aromatic carbocycles. The third-order valence-corrected chi connectivity index (χ3v) is 8.18. The van der Waals surface area contributed by atoms with Crippen molar-refractivity contribution < 1.29 is 17.0 Å². The minimum Gasteiger partial charge on any atom is -1.00 e. The van der Waals surface area contributed by atoms with Crippen molar-refractivity contribution in [2.45, 2.75) is 13.8 Å². The van der Waals surface area contributed by atoms with Gasteiger partial charge in [0.1, 0.15) is 0 Å².